The van der Waals surface area contributed by atoms with Crippen LogP contribution in [0, 0.1) is 5.82 Å². The lowest BCUT2D eigenvalue weighted by Crippen LogP contribution is -1.98. The standard InChI is InChI=1S/C12H7ClFNO2S/c13-10-6-15-11(5-9(10)12(16)17)18-8-3-1-2-7(14)4-8/h1-6H,(H,16,17). The number of carboxylic acids is 1. The maximum absolute atomic E-state index is 13.0. The minimum Gasteiger partial charge on any atom is -0.478 e. The van der Waals surface area contributed by atoms with Gasteiger partial charge in [0.2, 0.25) is 0 Å². The molecule has 0 atom stereocenters. The Balaban J connectivity index is 2.30. The number of carboxylic acid groups (broad SMARTS) is 1. The van der Waals surface area contributed by atoms with Crippen LogP contribution in [0.4, 0.5) is 4.39 Å². The van der Waals surface area contributed by atoms with E-state index in [1.807, 2.05) is 0 Å². The number of rotatable bonds is 3. The molecular weight excluding hydrogens is 277 g/mol. The molecule has 0 aliphatic rings. The molecule has 1 aromatic carbocycles. The van der Waals surface area contributed by atoms with Gasteiger partial charge in [-0.1, -0.05) is 29.4 Å². The number of hydrogen-bond donors (Lipinski definition) is 1. The fraction of sp³-hybridized carbons (Fsp3) is 0. The molecule has 2 rings (SSSR count). The van der Waals surface area contributed by atoms with Gasteiger partial charge in [0.1, 0.15) is 10.8 Å². The Bertz CT molecular complexity index is 606. The number of halogens is 2. The van der Waals surface area contributed by atoms with E-state index in [4.69, 9.17) is 16.7 Å². The SMILES string of the molecule is O=C(O)c1cc(Sc2cccc(F)c2)ncc1Cl. The van der Waals surface area contributed by atoms with Crippen molar-refractivity contribution in [3.05, 3.63) is 52.9 Å². The first-order chi connectivity index (χ1) is 8.56. The highest BCUT2D eigenvalue weighted by molar-refractivity contribution is 7.99. The van der Waals surface area contributed by atoms with Gasteiger partial charge in [-0.25, -0.2) is 14.2 Å². The Hall–Kier alpha value is -1.59. The fourth-order valence-corrected chi connectivity index (χ4v) is 2.32. The van der Waals surface area contributed by atoms with Crippen molar-refractivity contribution in [3.8, 4) is 0 Å². The van der Waals surface area contributed by atoms with E-state index in [9.17, 15) is 9.18 Å². The molecule has 1 aromatic heterocycles. The number of carbonyl (C=O) groups is 1. The van der Waals surface area contributed by atoms with Crippen LogP contribution in [-0.2, 0) is 0 Å². The van der Waals surface area contributed by atoms with E-state index < -0.39 is 5.97 Å². The number of pyridine rings is 1. The van der Waals surface area contributed by atoms with Crippen LogP contribution in [0.2, 0.25) is 5.02 Å². The third-order valence-electron chi connectivity index (χ3n) is 2.08. The van der Waals surface area contributed by atoms with Gasteiger partial charge in [-0.15, -0.1) is 0 Å². The van der Waals surface area contributed by atoms with Gasteiger partial charge in [-0.05, 0) is 24.3 Å². The van der Waals surface area contributed by atoms with Gasteiger partial charge in [0, 0.05) is 11.1 Å². The molecule has 1 N–H and O–H groups in total. The predicted molar refractivity (Wildman–Crippen MR) is 66.7 cm³/mol. The maximum atomic E-state index is 13.0. The zero-order chi connectivity index (χ0) is 13.1. The summed E-state index contributed by atoms with van der Waals surface area (Å²) < 4.78 is 13.0. The zero-order valence-electron chi connectivity index (χ0n) is 8.93. The fourth-order valence-electron chi connectivity index (χ4n) is 1.29. The molecule has 3 nitrogen and oxygen atoms in total. The van der Waals surface area contributed by atoms with Crippen LogP contribution in [0.1, 0.15) is 10.4 Å². The summed E-state index contributed by atoms with van der Waals surface area (Å²) in [5, 5.41) is 9.44. The van der Waals surface area contributed by atoms with Crippen LogP contribution in [-0.4, -0.2) is 16.1 Å². The van der Waals surface area contributed by atoms with Crippen molar-refractivity contribution in [2.75, 3.05) is 0 Å². The minimum absolute atomic E-state index is 0.0226. The third kappa shape index (κ3) is 3.00. The zero-order valence-corrected chi connectivity index (χ0v) is 10.5. The van der Waals surface area contributed by atoms with Crippen LogP contribution in [0.5, 0.6) is 0 Å². The first kappa shape index (κ1) is 12.9. The van der Waals surface area contributed by atoms with E-state index in [1.54, 1.807) is 12.1 Å². The second-order valence-corrected chi connectivity index (χ2v) is 4.87. The number of nitrogens with zero attached hydrogens (tertiary/aromatic N) is 1. The van der Waals surface area contributed by atoms with Crippen molar-refractivity contribution in [2.24, 2.45) is 0 Å². The van der Waals surface area contributed by atoms with Gasteiger partial charge in [-0.3, -0.25) is 0 Å². The van der Waals surface area contributed by atoms with Crippen molar-refractivity contribution in [1.82, 2.24) is 4.98 Å². The molecule has 0 aliphatic heterocycles. The molecule has 0 saturated heterocycles. The molecule has 0 spiro atoms. The van der Waals surface area contributed by atoms with Crippen LogP contribution >= 0.6 is 23.4 Å². The summed E-state index contributed by atoms with van der Waals surface area (Å²) in [5.41, 5.74) is -0.0226. The van der Waals surface area contributed by atoms with Gasteiger partial charge in [0.05, 0.1) is 10.6 Å². The van der Waals surface area contributed by atoms with Crippen LogP contribution < -0.4 is 0 Å². The van der Waals surface area contributed by atoms with Crippen molar-refractivity contribution in [3.63, 3.8) is 0 Å². The molecule has 1 heterocycles. The molecule has 92 valence electrons. The van der Waals surface area contributed by atoms with E-state index in [0.29, 0.717) is 9.92 Å². The topological polar surface area (TPSA) is 50.2 Å². The molecule has 0 unspecified atom stereocenters. The lowest BCUT2D eigenvalue weighted by atomic mass is 10.3. The molecule has 0 bridgehead atoms. The van der Waals surface area contributed by atoms with Crippen LogP contribution in [0.25, 0.3) is 0 Å². The Morgan fingerprint density at radius 3 is 2.83 bits per heavy atom. The van der Waals surface area contributed by atoms with Crippen molar-refractivity contribution >= 4 is 29.3 Å². The minimum atomic E-state index is -1.12. The van der Waals surface area contributed by atoms with E-state index in [1.165, 1.54) is 36.2 Å². The highest BCUT2D eigenvalue weighted by Crippen LogP contribution is 2.28. The quantitative estimate of drug-likeness (QED) is 0.932. The monoisotopic (exact) mass is 283 g/mol. The molecule has 0 amide bonds. The Morgan fingerprint density at radius 2 is 2.17 bits per heavy atom. The lowest BCUT2D eigenvalue weighted by molar-refractivity contribution is 0.0696. The molecule has 2 aromatic rings. The third-order valence-corrected chi connectivity index (χ3v) is 3.30. The van der Waals surface area contributed by atoms with Crippen molar-refractivity contribution in [1.29, 1.82) is 0 Å². The van der Waals surface area contributed by atoms with Crippen molar-refractivity contribution < 1.29 is 14.3 Å². The maximum Gasteiger partial charge on any atom is 0.337 e. The summed E-state index contributed by atoms with van der Waals surface area (Å²) >= 11 is 6.88. The second kappa shape index (κ2) is 5.37. The predicted octanol–water partition coefficient (Wildman–Crippen LogP) is 3.72. The number of benzene rings is 1. The number of aromatic nitrogens is 1. The second-order valence-electron chi connectivity index (χ2n) is 3.37. The lowest BCUT2D eigenvalue weighted by Gasteiger charge is -2.03. The first-order valence-corrected chi connectivity index (χ1v) is 6.08. The van der Waals surface area contributed by atoms with Gasteiger partial charge in [0.25, 0.3) is 0 Å². The average molecular weight is 284 g/mol. The van der Waals surface area contributed by atoms with Gasteiger partial charge in [0.15, 0.2) is 0 Å². The molecule has 0 fully saturated rings. The molecule has 0 aliphatic carbocycles. The van der Waals surface area contributed by atoms with E-state index in [-0.39, 0.29) is 16.4 Å². The molecule has 0 radical (unpaired) electrons. The van der Waals surface area contributed by atoms with Crippen molar-refractivity contribution in [2.45, 2.75) is 9.92 Å². The summed E-state index contributed by atoms with van der Waals surface area (Å²) in [7, 11) is 0. The molecule has 6 heteroatoms. The van der Waals surface area contributed by atoms with Gasteiger partial charge >= 0.3 is 5.97 Å². The summed E-state index contributed by atoms with van der Waals surface area (Å²) in [6.07, 6.45) is 1.27. The Labute approximate surface area is 112 Å². The normalized spacial score (nSPS) is 10.3. The summed E-state index contributed by atoms with van der Waals surface area (Å²) in [4.78, 5) is 15.5. The van der Waals surface area contributed by atoms with E-state index in [2.05, 4.69) is 4.98 Å². The van der Waals surface area contributed by atoms with Gasteiger partial charge in [-0.2, -0.15) is 0 Å². The Morgan fingerprint density at radius 1 is 1.39 bits per heavy atom. The number of aromatic carboxylic acids is 1. The Kier molecular flexibility index (Phi) is 3.84. The first-order valence-electron chi connectivity index (χ1n) is 4.88. The van der Waals surface area contributed by atoms with E-state index in [0.717, 1.165) is 0 Å². The molecular formula is C12H7ClFNO2S. The molecule has 0 saturated carbocycles. The largest absolute Gasteiger partial charge is 0.478 e. The van der Waals surface area contributed by atoms with E-state index >= 15 is 0 Å². The van der Waals surface area contributed by atoms with Crippen LogP contribution in [0.15, 0.2) is 46.5 Å². The highest BCUT2D eigenvalue weighted by atomic mass is 35.5. The number of hydrogen-bond acceptors (Lipinski definition) is 3. The van der Waals surface area contributed by atoms with Crippen LogP contribution in [0.3, 0.4) is 0 Å². The smallest absolute Gasteiger partial charge is 0.337 e. The summed E-state index contributed by atoms with van der Waals surface area (Å²) in [6.45, 7) is 0. The summed E-state index contributed by atoms with van der Waals surface area (Å²) in [5.74, 6) is -1.48. The average Bonchev–Trinajstić information content (AvgIpc) is 2.31. The highest BCUT2D eigenvalue weighted by Gasteiger charge is 2.11. The molecule has 18 heavy (non-hydrogen) atoms. The van der Waals surface area contributed by atoms with Gasteiger partial charge < -0.3 is 5.11 Å². The summed E-state index contributed by atoms with van der Waals surface area (Å²) in [6, 6.07) is 7.33.